The van der Waals surface area contributed by atoms with Crippen LogP contribution in [0.15, 0.2) is 0 Å². The fourth-order valence-corrected chi connectivity index (χ4v) is 3.21. The molecule has 0 aromatic heterocycles. The molecule has 0 amide bonds. The molecule has 0 radical (unpaired) electrons. The highest BCUT2D eigenvalue weighted by atomic mass is 32.2. The Labute approximate surface area is 148 Å². The molecule has 25 heavy (non-hydrogen) atoms. The summed E-state index contributed by atoms with van der Waals surface area (Å²) in [6.45, 7) is 2.01. The summed E-state index contributed by atoms with van der Waals surface area (Å²) in [5.41, 5.74) is 0. The largest absolute Gasteiger partial charge is 0.437 e. The molecule has 0 heterocycles. The first kappa shape index (κ1) is 23.8. The third-order valence-corrected chi connectivity index (χ3v) is 5.08. The Morgan fingerprint density at radius 2 is 1.08 bits per heavy atom. The van der Waals surface area contributed by atoms with Gasteiger partial charge in [-0.2, -0.15) is 16.8 Å². The summed E-state index contributed by atoms with van der Waals surface area (Å²) in [4.78, 5) is 22.1. The highest BCUT2D eigenvalue weighted by Gasteiger charge is 2.17. The van der Waals surface area contributed by atoms with E-state index in [0.717, 1.165) is 0 Å². The van der Waals surface area contributed by atoms with Crippen molar-refractivity contribution in [1.82, 2.24) is 0 Å². The molecule has 0 aromatic carbocycles. The van der Waals surface area contributed by atoms with Crippen LogP contribution in [0.5, 0.6) is 0 Å². The van der Waals surface area contributed by atoms with Gasteiger partial charge >= 0.3 is 11.9 Å². The van der Waals surface area contributed by atoms with E-state index >= 15 is 0 Å². The highest BCUT2D eigenvalue weighted by molar-refractivity contribution is 7.87. The summed E-state index contributed by atoms with van der Waals surface area (Å²) in [5.74, 6) is -2.38. The van der Waals surface area contributed by atoms with Crippen molar-refractivity contribution in [3.05, 3.63) is 0 Å². The van der Waals surface area contributed by atoms with Gasteiger partial charge in [-0.3, -0.25) is 9.59 Å². The van der Waals surface area contributed by atoms with E-state index < -0.39 is 57.3 Å². The molecule has 0 aliphatic rings. The number of ether oxygens (including phenoxy) is 2. The van der Waals surface area contributed by atoms with E-state index in [0.29, 0.717) is 12.8 Å². The van der Waals surface area contributed by atoms with E-state index in [4.69, 9.17) is 0 Å². The number of hydrogen-bond acceptors (Lipinski definition) is 10. The van der Waals surface area contributed by atoms with E-state index in [-0.39, 0.29) is 19.3 Å². The van der Waals surface area contributed by atoms with Gasteiger partial charge in [0, 0.05) is 12.8 Å². The molecule has 0 spiro atoms. The smallest absolute Gasteiger partial charge is 0.307 e. The average molecular weight is 404 g/mol. The number of carbonyl (C=O) groups excluding carboxylic acids is 2. The molecule has 0 aromatic rings. The maximum Gasteiger partial charge on any atom is 0.307 e. The third kappa shape index (κ3) is 13.7. The van der Waals surface area contributed by atoms with E-state index in [9.17, 15) is 26.4 Å². The van der Waals surface area contributed by atoms with Crippen molar-refractivity contribution in [3.8, 4) is 0 Å². The van der Waals surface area contributed by atoms with Gasteiger partial charge in [0.15, 0.2) is 0 Å². The molecule has 0 N–H and O–H groups in total. The van der Waals surface area contributed by atoms with E-state index in [1.807, 2.05) is 0 Å². The molecule has 0 bridgehead atoms. The molecule has 0 saturated carbocycles. The van der Waals surface area contributed by atoms with E-state index in [1.54, 1.807) is 13.8 Å². The quantitative estimate of drug-likeness (QED) is 0.230. The molecular formula is C13H24O10S2. The van der Waals surface area contributed by atoms with Gasteiger partial charge in [-0.05, 0) is 19.3 Å². The van der Waals surface area contributed by atoms with Crippen molar-refractivity contribution in [3.63, 3.8) is 0 Å². The Balaban J connectivity index is 4.05. The maximum absolute atomic E-state index is 11.5. The maximum atomic E-state index is 11.5. The van der Waals surface area contributed by atoms with Crippen LogP contribution in [0.4, 0.5) is 0 Å². The lowest BCUT2D eigenvalue weighted by Crippen LogP contribution is -2.19. The minimum atomic E-state index is -4.04. The molecule has 0 aliphatic heterocycles. The van der Waals surface area contributed by atoms with Gasteiger partial charge in [-0.25, -0.2) is 8.37 Å². The summed E-state index contributed by atoms with van der Waals surface area (Å²) < 4.78 is 64.0. The zero-order valence-electron chi connectivity index (χ0n) is 14.3. The molecule has 0 aliphatic carbocycles. The summed E-state index contributed by atoms with van der Waals surface area (Å²) in [6.07, 6.45) is 1.09. The standard InChI is InChI=1S/C13H24O10S2/c1-3-6-12(14)20-10-22-24(16,17)8-5-9-25(18,19)23-11-21-13(15)7-4-2/h3-11H2,1-2H3. The van der Waals surface area contributed by atoms with Gasteiger partial charge in [-0.1, -0.05) is 13.8 Å². The Hall–Kier alpha value is -1.24. The Bertz CT molecular complexity index is 555. The SMILES string of the molecule is CCCC(=O)OCOS(=O)(=O)CCCS(=O)(=O)OCOC(=O)CCC. The van der Waals surface area contributed by atoms with Crippen LogP contribution in [0.2, 0.25) is 0 Å². The molecule has 0 fully saturated rings. The minimum absolute atomic E-state index is 0.141. The van der Waals surface area contributed by atoms with Crippen molar-refractivity contribution < 1.29 is 44.3 Å². The summed E-state index contributed by atoms with van der Waals surface area (Å²) in [6, 6.07) is 0. The van der Waals surface area contributed by atoms with Crippen LogP contribution in [-0.2, 0) is 47.7 Å². The van der Waals surface area contributed by atoms with Crippen molar-refractivity contribution in [2.75, 3.05) is 25.1 Å². The predicted molar refractivity (Wildman–Crippen MR) is 86.1 cm³/mol. The number of esters is 2. The zero-order valence-corrected chi connectivity index (χ0v) is 15.9. The fraction of sp³-hybridized carbons (Fsp3) is 0.846. The second-order valence-electron chi connectivity index (χ2n) is 4.88. The molecule has 0 atom stereocenters. The first-order chi connectivity index (χ1) is 11.6. The van der Waals surface area contributed by atoms with Crippen LogP contribution >= 0.6 is 0 Å². The van der Waals surface area contributed by atoms with Crippen LogP contribution in [-0.4, -0.2) is 53.9 Å². The molecule has 0 saturated heterocycles. The van der Waals surface area contributed by atoms with Gasteiger partial charge in [0.2, 0.25) is 13.6 Å². The zero-order chi connectivity index (χ0) is 19.3. The number of carbonyl (C=O) groups is 2. The minimum Gasteiger partial charge on any atom is -0.437 e. The second kappa shape index (κ2) is 12.2. The molecular weight excluding hydrogens is 380 g/mol. The Kier molecular flexibility index (Phi) is 11.6. The van der Waals surface area contributed by atoms with Crippen LogP contribution in [0, 0.1) is 0 Å². The van der Waals surface area contributed by atoms with Gasteiger partial charge < -0.3 is 9.47 Å². The lowest BCUT2D eigenvalue weighted by Gasteiger charge is -2.08. The van der Waals surface area contributed by atoms with Crippen molar-refractivity contribution in [2.24, 2.45) is 0 Å². The van der Waals surface area contributed by atoms with Crippen molar-refractivity contribution in [1.29, 1.82) is 0 Å². The molecule has 0 rings (SSSR count). The predicted octanol–water partition coefficient (Wildman–Crippen LogP) is 0.671. The molecule has 10 nitrogen and oxygen atoms in total. The topological polar surface area (TPSA) is 139 Å². The lowest BCUT2D eigenvalue weighted by molar-refractivity contribution is -0.151. The molecule has 148 valence electrons. The average Bonchev–Trinajstić information content (AvgIpc) is 2.46. The third-order valence-electron chi connectivity index (χ3n) is 2.59. The van der Waals surface area contributed by atoms with Gasteiger partial charge in [0.25, 0.3) is 20.2 Å². The van der Waals surface area contributed by atoms with E-state index in [2.05, 4.69) is 17.8 Å². The van der Waals surface area contributed by atoms with Crippen molar-refractivity contribution >= 4 is 32.2 Å². The summed E-state index contributed by atoms with van der Waals surface area (Å²) in [5, 5.41) is 0. The Morgan fingerprint density at radius 3 is 1.40 bits per heavy atom. The first-order valence-electron chi connectivity index (χ1n) is 7.67. The van der Waals surface area contributed by atoms with Gasteiger partial charge in [-0.15, -0.1) is 0 Å². The molecule has 0 unspecified atom stereocenters. The lowest BCUT2D eigenvalue weighted by atomic mass is 10.3. The number of hydrogen-bond donors (Lipinski definition) is 0. The first-order valence-corrected chi connectivity index (χ1v) is 10.8. The normalized spacial score (nSPS) is 11.9. The Morgan fingerprint density at radius 1 is 0.720 bits per heavy atom. The van der Waals surface area contributed by atoms with Crippen LogP contribution < -0.4 is 0 Å². The summed E-state index contributed by atoms with van der Waals surface area (Å²) >= 11 is 0. The van der Waals surface area contributed by atoms with Gasteiger partial charge in [0.05, 0.1) is 11.5 Å². The van der Waals surface area contributed by atoms with Crippen LogP contribution in [0.25, 0.3) is 0 Å². The monoisotopic (exact) mass is 404 g/mol. The van der Waals surface area contributed by atoms with Gasteiger partial charge in [0.1, 0.15) is 0 Å². The van der Waals surface area contributed by atoms with Crippen LogP contribution in [0.3, 0.4) is 0 Å². The second-order valence-corrected chi connectivity index (χ2v) is 8.40. The van der Waals surface area contributed by atoms with Crippen molar-refractivity contribution in [2.45, 2.75) is 46.0 Å². The number of rotatable bonds is 14. The summed E-state index contributed by atoms with van der Waals surface area (Å²) in [7, 11) is -8.08. The molecule has 12 heteroatoms. The van der Waals surface area contributed by atoms with Crippen LogP contribution in [0.1, 0.15) is 46.0 Å². The highest BCUT2D eigenvalue weighted by Crippen LogP contribution is 2.03. The van der Waals surface area contributed by atoms with E-state index in [1.165, 1.54) is 0 Å². The fourth-order valence-electron chi connectivity index (χ4n) is 1.41.